The van der Waals surface area contributed by atoms with E-state index >= 15 is 0 Å². The minimum Gasteiger partial charge on any atom is -0.311 e. The van der Waals surface area contributed by atoms with Crippen LogP contribution in [0.5, 0.6) is 0 Å². The lowest BCUT2D eigenvalue weighted by molar-refractivity contribution is -0.115. The Morgan fingerprint density at radius 3 is 3.00 bits per heavy atom. The van der Waals surface area contributed by atoms with Gasteiger partial charge in [-0.2, -0.15) is 5.10 Å². The molecule has 0 bridgehead atoms. The van der Waals surface area contributed by atoms with E-state index in [0.717, 1.165) is 11.0 Å². The Bertz CT molecular complexity index is 594. The Morgan fingerprint density at radius 1 is 1.47 bits per heavy atom. The molecule has 7 heteroatoms. The van der Waals surface area contributed by atoms with Crippen molar-refractivity contribution in [2.45, 2.75) is 6.42 Å². The summed E-state index contributed by atoms with van der Waals surface area (Å²) >= 11 is 5.69. The summed E-state index contributed by atoms with van der Waals surface area (Å²) in [6, 6.07) is 5.39. The Morgan fingerprint density at radius 2 is 2.32 bits per heavy atom. The fourth-order valence-electron chi connectivity index (χ4n) is 1.71. The zero-order chi connectivity index (χ0) is 13.2. The van der Waals surface area contributed by atoms with E-state index in [-0.39, 0.29) is 20.2 Å². The monoisotopic (exact) mass is 294 g/mol. The summed E-state index contributed by atoms with van der Waals surface area (Å²) in [4.78, 5) is 15.8. The number of hydrogen-bond donors (Lipinski definition) is 2. The van der Waals surface area contributed by atoms with E-state index in [0.29, 0.717) is 11.0 Å². The highest BCUT2D eigenvalue weighted by molar-refractivity contribution is 7.72. The molecular weight excluding hydrogens is 283 g/mol. The molecule has 5 nitrogen and oxygen atoms in total. The van der Waals surface area contributed by atoms with Crippen molar-refractivity contribution < 1.29 is 4.79 Å². The molecule has 2 N–H and O–H groups in total. The molecule has 98 valence electrons. The largest absolute Gasteiger partial charge is 0.311 e. The van der Waals surface area contributed by atoms with Crippen molar-refractivity contribution in [3.05, 3.63) is 35.1 Å². The lowest BCUT2D eigenvalue weighted by Crippen LogP contribution is -2.14. The van der Waals surface area contributed by atoms with Gasteiger partial charge in [-0.3, -0.25) is 9.89 Å². The molecule has 2 aromatic rings. The van der Waals surface area contributed by atoms with Crippen molar-refractivity contribution in [1.29, 1.82) is 0 Å². The molecule has 1 aliphatic rings. The van der Waals surface area contributed by atoms with Crippen molar-refractivity contribution in [3.63, 3.8) is 0 Å². The molecule has 1 saturated heterocycles. The smallest absolute Gasteiger partial charge is 0.229 e. The number of aromatic nitrogens is 3. The molecule has 0 aromatic carbocycles. The number of pyridine rings is 1. The van der Waals surface area contributed by atoms with E-state index in [4.69, 9.17) is 11.6 Å². The molecule has 3 rings (SSSR count). The van der Waals surface area contributed by atoms with Gasteiger partial charge in [0.1, 0.15) is 11.0 Å². The van der Waals surface area contributed by atoms with Crippen LogP contribution in [0.1, 0.15) is 5.56 Å². The normalized spacial score (nSPS) is 14.4. The molecule has 0 spiro atoms. The number of H-pyrrole nitrogens is 1. The van der Waals surface area contributed by atoms with Crippen LogP contribution in [-0.4, -0.2) is 33.4 Å². The second-order valence-electron chi connectivity index (χ2n) is 4.34. The molecular formula is C12H12ClN4OP. The molecule has 0 unspecified atom stereocenters. The van der Waals surface area contributed by atoms with E-state index < -0.39 is 0 Å². The Balaban J connectivity index is 1.59. The van der Waals surface area contributed by atoms with Crippen LogP contribution in [0.25, 0.3) is 0 Å². The van der Waals surface area contributed by atoms with Gasteiger partial charge < -0.3 is 5.32 Å². The number of carbonyl (C=O) groups is 1. The summed E-state index contributed by atoms with van der Waals surface area (Å²) in [6.45, 7) is 0. The van der Waals surface area contributed by atoms with Crippen LogP contribution in [0.15, 0.2) is 24.4 Å². The number of nitrogens with one attached hydrogen (secondary N) is 2. The van der Waals surface area contributed by atoms with E-state index in [1.807, 2.05) is 6.07 Å². The van der Waals surface area contributed by atoms with E-state index in [9.17, 15) is 4.79 Å². The van der Waals surface area contributed by atoms with Gasteiger partial charge in [0.05, 0.1) is 11.9 Å². The Hall–Kier alpha value is -1.45. The Kier molecular flexibility index (Phi) is 3.49. The van der Waals surface area contributed by atoms with Gasteiger partial charge in [-0.15, -0.1) is 0 Å². The molecule has 3 heterocycles. The van der Waals surface area contributed by atoms with Gasteiger partial charge in [-0.25, -0.2) is 4.98 Å². The van der Waals surface area contributed by atoms with E-state index in [1.165, 1.54) is 12.3 Å². The summed E-state index contributed by atoms with van der Waals surface area (Å²) in [5.74, 6) is 0.569. The average Bonchev–Trinajstić information content (AvgIpc) is 3.14. The maximum absolute atomic E-state index is 11.8. The predicted octanol–water partition coefficient (Wildman–Crippen LogP) is 1.76. The molecule has 0 saturated carbocycles. The number of anilines is 1. The molecule has 0 atom stereocenters. The number of nitrogens with zero attached hydrogens (tertiary/aromatic N) is 2. The van der Waals surface area contributed by atoms with Crippen molar-refractivity contribution in [2.24, 2.45) is 0 Å². The number of carbonyl (C=O) groups excluding carboxylic acids is 1. The predicted molar refractivity (Wildman–Crippen MR) is 76.5 cm³/mol. The SMILES string of the molecule is O=C(Cc1ccc(Cl)nc1)Nc1cc(P2CC2)n[nH]1. The third kappa shape index (κ3) is 3.31. The van der Waals surface area contributed by atoms with Crippen LogP contribution < -0.4 is 10.8 Å². The number of amides is 1. The molecule has 1 fully saturated rings. The van der Waals surface area contributed by atoms with Crippen LogP contribution in [0.3, 0.4) is 0 Å². The number of aromatic amines is 1. The standard InChI is InChI=1S/C12H12ClN4OP/c13-9-2-1-8(7-14-9)5-11(18)15-10-6-12(17-16-10)19-3-4-19/h1-2,6-7H,3-5H2,(H2,15,16,17,18). The van der Waals surface area contributed by atoms with Crippen molar-refractivity contribution in [2.75, 3.05) is 17.6 Å². The quantitative estimate of drug-likeness (QED) is 0.667. The third-order valence-electron chi connectivity index (χ3n) is 2.76. The van der Waals surface area contributed by atoms with Gasteiger partial charge in [-0.05, 0) is 24.0 Å². The lowest BCUT2D eigenvalue weighted by Gasteiger charge is -2.02. The van der Waals surface area contributed by atoms with Gasteiger partial charge in [-0.1, -0.05) is 25.6 Å². The van der Waals surface area contributed by atoms with Crippen LogP contribution in [-0.2, 0) is 11.2 Å². The van der Waals surface area contributed by atoms with Gasteiger partial charge >= 0.3 is 0 Å². The average molecular weight is 295 g/mol. The number of rotatable bonds is 4. The molecule has 19 heavy (non-hydrogen) atoms. The zero-order valence-corrected chi connectivity index (χ0v) is 11.7. The second kappa shape index (κ2) is 5.27. The maximum atomic E-state index is 11.8. The van der Waals surface area contributed by atoms with Crippen LogP contribution in [0.4, 0.5) is 5.82 Å². The second-order valence-corrected chi connectivity index (χ2v) is 7.16. The first-order valence-corrected chi connectivity index (χ1v) is 8.00. The van der Waals surface area contributed by atoms with Crippen LogP contribution in [0.2, 0.25) is 5.15 Å². The number of halogens is 1. The van der Waals surface area contributed by atoms with Crippen LogP contribution >= 0.6 is 19.5 Å². The highest BCUT2D eigenvalue weighted by atomic mass is 35.5. The highest BCUT2D eigenvalue weighted by Gasteiger charge is 2.25. The van der Waals surface area contributed by atoms with Gasteiger partial charge in [0.2, 0.25) is 5.91 Å². The first-order chi connectivity index (χ1) is 9.20. The summed E-state index contributed by atoms with van der Waals surface area (Å²) in [6.07, 6.45) is 4.38. The van der Waals surface area contributed by atoms with Crippen molar-refractivity contribution in [1.82, 2.24) is 15.2 Å². The molecule has 1 amide bonds. The summed E-state index contributed by atoms with van der Waals surface area (Å²) < 4.78 is 0. The van der Waals surface area contributed by atoms with Crippen molar-refractivity contribution >= 4 is 36.7 Å². The topological polar surface area (TPSA) is 70.7 Å². The first kappa shape index (κ1) is 12.6. The highest BCUT2D eigenvalue weighted by Crippen LogP contribution is 2.48. The van der Waals surface area contributed by atoms with Gasteiger partial charge in [0.25, 0.3) is 0 Å². The van der Waals surface area contributed by atoms with E-state index in [2.05, 4.69) is 20.5 Å². The molecule has 2 aromatic heterocycles. The van der Waals surface area contributed by atoms with Crippen molar-refractivity contribution in [3.8, 4) is 0 Å². The lowest BCUT2D eigenvalue weighted by atomic mass is 10.2. The summed E-state index contributed by atoms with van der Waals surface area (Å²) in [5, 5.41) is 10.3. The minimum absolute atomic E-state index is 0.0198. The van der Waals surface area contributed by atoms with Gasteiger partial charge in [0, 0.05) is 12.3 Å². The fraction of sp³-hybridized carbons (Fsp3) is 0.250. The molecule has 0 aliphatic carbocycles. The molecule has 1 aliphatic heterocycles. The zero-order valence-electron chi connectivity index (χ0n) is 10.1. The number of hydrogen-bond acceptors (Lipinski definition) is 3. The third-order valence-corrected chi connectivity index (χ3v) is 4.76. The molecule has 0 radical (unpaired) electrons. The summed E-state index contributed by atoms with van der Waals surface area (Å²) in [7, 11) is -0.0198. The maximum Gasteiger partial charge on any atom is 0.229 e. The minimum atomic E-state index is -0.0945. The van der Waals surface area contributed by atoms with Gasteiger partial charge in [0.15, 0.2) is 0 Å². The van der Waals surface area contributed by atoms with Crippen LogP contribution in [0, 0.1) is 0 Å². The fourth-order valence-corrected chi connectivity index (χ4v) is 3.18. The first-order valence-electron chi connectivity index (χ1n) is 5.91. The van der Waals surface area contributed by atoms with E-state index in [1.54, 1.807) is 18.3 Å². The summed E-state index contributed by atoms with van der Waals surface area (Å²) in [5.41, 5.74) is 1.92. The Labute approximate surface area is 116 Å².